The topological polar surface area (TPSA) is 21.7 Å². The number of aromatic nitrogens is 3. The third kappa shape index (κ3) is 7.77. The van der Waals surface area contributed by atoms with Crippen LogP contribution in [0.1, 0.15) is 33.4 Å². The highest BCUT2D eigenvalue weighted by Crippen LogP contribution is 2.42. The summed E-state index contributed by atoms with van der Waals surface area (Å²) in [5, 5.41) is 3.50. The second-order valence-corrected chi connectivity index (χ2v) is 10.7. The van der Waals surface area contributed by atoms with Crippen molar-refractivity contribution in [1.82, 2.24) is 9.90 Å². The zero-order valence-electron chi connectivity index (χ0n) is 22.2. The normalized spacial score (nSPS) is 13.7. The van der Waals surface area contributed by atoms with E-state index in [0.717, 1.165) is 22.6 Å². The minimum absolute atomic E-state index is 0.000911. The van der Waals surface area contributed by atoms with Gasteiger partial charge in [-0.1, -0.05) is 9.36 Å². The molecule has 0 amide bonds. The smallest absolute Gasteiger partial charge is 0.166 e. The molecule has 1 aromatic heterocycles. The Hall–Kier alpha value is -3.73. The SMILES string of the molecule is FC(F)(F)c1cc(-c2c(I)n(-c3cc(C(F)(F)F)cc(C(F)(F)F)c3)n[n+]2-c2cc(C(F)(F)F)cc(C(F)(F)F)c2)cc(C(F)(F)F)c1. The van der Waals surface area contributed by atoms with Crippen molar-refractivity contribution >= 4 is 22.6 Å². The molecule has 260 valence electrons. The van der Waals surface area contributed by atoms with Crippen molar-refractivity contribution in [3.63, 3.8) is 0 Å². The van der Waals surface area contributed by atoms with Crippen LogP contribution >= 0.6 is 22.6 Å². The lowest BCUT2D eigenvalue weighted by atomic mass is 10.0. The molecule has 0 unspecified atom stereocenters. The van der Waals surface area contributed by atoms with Crippen molar-refractivity contribution in [2.24, 2.45) is 0 Å². The van der Waals surface area contributed by atoms with Crippen molar-refractivity contribution in [2.45, 2.75) is 37.1 Å². The molecular weight excluding hydrogens is 823 g/mol. The number of nitrogens with zero attached hydrogens (tertiary/aromatic N) is 3. The molecule has 0 aliphatic rings. The molecule has 0 bridgehead atoms. The number of alkyl halides is 18. The lowest BCUT2D eigenvalue weighted by molar-refractivity contribution is -0.650. The summed E-state index contributed by atoms with van der Waals surface area (Å²) in [5.41, 5.74) is -17.2. The van der Waals surface area contributed by atoms with Crippen LogP contribution in [0.2, 0.25) is 0 Å². The standard InChI is InChI=1S/C26H9F18IN3/c27-21(28,29)11-1-10(2-12(3-11)22(30,31)32)19-20(45)48(18-8-15(25(39,40)41)5-16(9-18)26(42,43)44)46-47(19)17-6-13(23(33,34)35)4-14(7-17)24(36,37)38/h1-9H/q+1. The van der Waals surface area contributed by atoms with E-state index in [1.54, 1.807) is 0 Å². The van der Waals surface area contributed by atoms with Crippen LogP contribution in [0.25, 0.3) is 22.6 Å². The van der Waals surface area contributed by atoms with E-state index in [1.165, 1.54) is 0 Å². The minimum atomic E-state index is -5.56. The van der Waals surface area contributed by atoms with Gasteiger partial charge in [-0.25, -0.2) is 0 Å². The third-order valence-corrected chi connectivity index (χ3v) is 7.24. The number of halogens is 19. The van der Waals surface area contributed by atoms with Crippen molar-refractivity contribution in [3.8, 4) is 22.6 Å². The largest absolute Gasteiger partial charge is 0.416 e. The number of rotatable bonds is 3. The van der Waals surface area contributed by atoms with Gasteiger partial charge in [-0.2, -0.15) is 79.0 Å². The Balaban J connectivity index is 2.22. The Morgan fingerprint density at radius 2 is 0.729 bits per heavy atom. The van der Waals surface area contributed by atoms with E-state index >= 15 is 0 Å². The van der Waals surface area contributed by atoms with Crippen molar-refractivity contribution < 1.29 is 83.7 Å². The van der Waals surface area contributed by atoms with E-state index in [-0.39, 0.29) is 57.9 Å². The highest BCUT2D eigenvalue weighted by molar-refractivity contribution is 14.1. The van der Waals surface area contributed by atoms with Gasteiger partial charge in [-0.15, -0.1) is 0 Å². The second kappa shape index (κ2) is 11.7. The molecule has 0 saturated heterocycles. The lowest BCUT2D eigenvalue weighted by Crippen LogP contribution is -2.37. The summed E-state index contributed by atoms with van der Waals surface area (Å²) in [6.45, 7) is 0. The first-order valence-corrected chi connectivity index (χ1v) is 13.2. The fourth-order valence-corrected chi connectivity index (χ4v) is 5.08. The molecule has 4 aromatic rings. The van der Waals surface area contributed by atoms with Crippen molar-refractivity contribution in [2.75, 3.05) is 0 Å². The van der Waals surface area contributed by atoms with Crippen molar-refractivity contribution in [1.29, 1.82) is 0 Å². The van der Waals surface area contributed by atoms with Crippen LogP contribution in [0.3, 0.4) is 0 Å². The number of hydrogen-bond donors (Lipinski definition) is 0. The molecule has 4 rings (SSSR count). The molecule has 0 N–H and O–H groups in total. The summed E-state index contributed by atoms with van der Waals surface area (Å²) in [4.78, 5) is 0. The molecule has 0 radical (unpaired) electrons. The molecule has 0 aliphatic carbocycles. The van der Waals surface area contributed by atoms with Gasteiger partial charge in [0, 0.05) is 28.2 Å². The Bertz CT molecular complexity index is 1760. The maximum Gasteiger partial charge on any atom is 0.416 e. The zero-order chi connectivity index (χ0) is 36.6. The maximum atomic E-state index is 13.7. The van der Waals surface area contributed by atoms with Gasteiger partial charge in [0.1, 0.15) is 5.21 Å². The van der Waals surface area contributed by atoms with E-state index < -0.39 is 103 Å². The molecule has 0 aliphatic heterocycles. The van der Waals surface area contributed by atoms with Gasteiger partial charge < -0.3 is 0 Å². The molecule has 0 spiro atoms. The molecule has 0 fully saturated rings. The molecular formula is C26H9F18IN3+. The molecule has 3 aromatic carbocycles. The number of hydrogen-bond acceptors (Lipinski definition) is 1. The van der Waals surface area contributed by atoms with Crippen LogP contribution in [-0.2, 0) is 37.1 Å². The quantitative estimate of drug-likeness (QED) is 0.115. The van der Waals surface area contributed by atoms with Crippen LogP contribution in [0.5, 0.6) is 0 Å². The predicted molar refractivity (Wildman–Crippen MR) is 133 cm³/mol. The predicted octanol–water partition coefficient (Wildman–Crippen LogP) is 10.5. The van der Waals surface area contributed by atoms with Gasteiger partial charge >= 0.3 is 37.1 Å². The first kappa shape index (κ1) is 37.1. The first-order valence-electron chi connectivity index (χ1n) is 12.1. The molecule has 0 saturated carbocycles. The summed E-state index contributed by atoms with van der Waals surface area (Å²) in [5.74, 6) is 0. The summed E-state index contributed by atoms with van der Waals surface area (Å²) >= 11 is 0.986. The van der Waals surface area contributed by atoms with Crippen molar-refractivity contribution in [3.05, 3.63) is 91.7 Å². The fourth-order valence-electron chi connectivity index (χ4n) is 4.16. The first-order chi connectivity index (χ1) is 21.5. The average Bonchev–Trinajstić information content (AvgIpc) is 3.26. The average molecular weight is 832 g/mol. The van der Waals surface area contributed by atoms with E-state index in [9.17, 15) is 79.0 Å². The third-order valence-electron chi connectivity index (χ3n) is 6.27. The van der Waals surface area contributed by atoms with Crippen LogP contribution in [0.4, 0.5) is 79.0 Å². The Morgan fingerprint density at radius 3 is 1.04 bits per heavy atom. The zero-order valence-corrected chi connectivity index (χ0v) is 24.4. The summed E-state index contributed by atoms with van der Waals surface area (Å²) in [7, 11) is 0. The van der Waals surface area contributed by atoms with Crippen LogP contribution in [-0.4, -0.2) is 9.90 Å². The van der Waals surface area contributed by atoms with E-state index in [4.69, 9.17) is 0 Å². The summed E-state index contributed by atoms with van der Waals surface area (Å²) < 4.78 is 244. The Kier molecular flexibility index (Phi) is 9.05. The maximum absolute atomic E-state index is 13.7. The highest BCUT2D eigenvalue weighted by atomic mass is 127. The van der Waals surface area contributed by atoms with Crippen LogP contribution in [0, 0.1) is 3.70 Å². The van der Waals surface area contributed by atoms with Gasteiger partial charge in [0.2, 0.25) is 9.39 Å². The molecule has 0 atom stereocenters. The highest BCUT2D eigenvalue weighted by Gasteiger charge is 2.43. The van der Waals surface area contributed by atoms with E-state index in [2.05, 4.69) is 5.21 Å². The monoisotopic (exact) mass is 832 g/mol. The van der Waals surface area contributed by atoms with Gasteiger partial charge in [-0.3, -0.25) is 0 Å². The fraction of sp³-hybridized carbons (Fsp3) is 0.231. The van der Waals surface area contributed by atoms with Crippen LogP contribution in [0.15, 0.2) is 54.6 Å². The van der Waals surface area contributed by atoms with E-state index in [0.29, 0.717) is 0 Å². The van der Waals surface area contributed by atoms with E-state index in [1.807, 2.05) is 0 Å². The Morgan fingerprint density at radius 1 is 0.438 bits per heavy atom. The van der Waals surface area contributed by atoms with Gasteiger partial charge in [0.15, 0.2) is 11.4 Å². The molecule has 3 nitrogen and oxygen atoms in total. The van der Waals surface area contributed by atoms with Gasteiger partial charge in [-0.05, 0) is 54.6 Å². The van der Waals surface area contributed by atoms with Crippen LogP contribution < -0.4 is 4.68 Å². The molecule has 1 heterocycles. The lowest BCUT2D eigenvalue weighted by Gasteiger charge is -2.14. The molecule has 22 heteroatoms. The second-order valence-electron chi connectivity index (χ2n) is 9.68. The summed E-state index contributed by atoms with van der Waals surface area (Å²) in [6.07, 6.45) is -33.2. The molecule has 48 heavy (non-hydrogen) atoms. The Labute approximate surface area is 267 Å². The van der Waals surface area contributed by atoms with Gasteiger partial charge in [0.25, 0.3) is 0 Å². The summed E-state index contributed by atoms with van der Waals surface area (Å²) in [6, 6.07) is -1.35. The van der Waals surface area contributed by atoms with Gasteiger partial charge in [0.05, 0.1) is 33.4 Å². The number of benzene rings is 3. The minimum Gasteiger partial charge on any atom is -0.166 e.